The molecule has 12 nitrogen and oxygen atoms in total. The average Bonchev–Trinajstić information content (AvgIpc) is 2.99. The molecule has 3 heterocycles. The standard InChI is InChI=1S/C36H64O12/c1-13-24-36(12,43)29(39)20(5)26(37)18(3)15-35(11,42)31(48-33-27(38)17(2)14-19(4)44-33)21(6)28(22(7)32(41)46-24)47-25-16-34(9,10)30(40)23(8)45-25/h17-25,27-31,33,38-40,42-43H,13-16H2,1-12H3/t17-,18+,19+,20-,21-,22+,23-,24+,25-,27+,28-,29+,30-,31+,33-,35-,36+/m0/s1. The molecule has 5 N–H and O–H groups in total. The maximum absolute atomic E-state index is 14.0. The summed E-state index contributed by atoms with van der Waals surface area (Å²) in [5, 5.41) is 57.0. The normalized spacial score (nSPS) is 50.0. The van der Waals surface area contributed by atoms with E-state index in [-0.39, 0.29) is 24.9 Å². The summed E-state index contributed by atoms with van der Waals surface area (Å²) in [6, 6.07) is 0. The van der Waals surface area contributed by atoms with E-state index in [9.17, 15) is 35.1 Å². The molecule has 3 aliphatic rings. The first-order valence-electron chi connectivity index (χ1n) is 17.8. The molecule has 0 aromatic heterocycles. The Kier molecular flexibility index (Phi) is 13.4. The van der Waals surface area contributed by atoms with Crippen LogP contribution in [0.2, 0.25) is 0 Å². The summed E-state index contributed by atoms with van der Waals surface area (Å²) in [6.45, 7) is 20.5. The van der Waals surface area contributed by atoms with E-state index in [1.54, 1.807) is 34.6 Å². The van der Waals surface area contributed by atoms with Crippen LogP contribution in [0.3, 0.4) is 0 Å². The van der Waals surface area contributed by atoms with Crippen LogP contribution in [-0.2, 0) is 33.3 Å². The van der Waals surface area contributed by atoms with Crippen molar-refractivity contribution in [2.75, 3.05) is 0 Å². The van der Waals surface area contributed by atoms with Gasteiger partial charge in [0.25, 0.3) is 0 Å². The fraction of sp³-hybridized carbons (Fsp3) is 0.944. The monoisotopic (exact) mass is 688 g/mol. The van der Waals surface area contributed by atoms with Gasteiger partial charge in [0.05, 0.1) is 48.1 Å². The van der Waals surface area contributed by atoms with Gasteiger partial charge in [0.2, 0.25) is 0 Å². The summed E-state index contributed by atoms with van der Waals surface area (Å²) >= 11 is 0. The van der Waals surface area contributed by atoms with E-state index in [0.29, 0.717) is 12.8 Å². The van der Waals surface area contributed by atoms with Gasteiger partial charge in [-0.25, -0.2) is 0 Å². The third-order valence-corrected chi connectivity index (χ3v) is 11.3. The number of rotatable bonds is 5. The lowest BCUT2D eigenvalue weighted by atomic mass is 9.74. The molecule has 0 saturated carbocycles. The molecule has 12 heteroatoms. The lowest BCUT2D eigenvalue weighted by Gasteiger charge is -2.48. The van der Waals surface area contributed by atoms with Gasteiger partial charge < -0.3 is 49.2 Å². The van der Waals surface area contributed by atoms with Crippen molar-refractivity contribution >= 4 is 11.8 Å². The van der Waals surface area contributed by atoms with Gasteiger partial charge in [0, 0.05) is 24.2 Å². The number of carbonyl (C=O) groups excluding carboxylic acids is 2. The summed E-state index contributed by atoms with van der Waals surface area (Å²) in [5.41, 5.74) is -4.30. The Hall–Kier alpha value is -1.22. The molecule has 0 spiro atoms. The molecule has 0 amide bonds. The molecule has 280 valence electrons. The summed E-state index contributed by atoms with van der Waals surface area (Å²) in [4.78, 5) is 27.7. The van der Waals surface area contributed by atoms with E-state index in [4.69, 9.17) is 23.7 Å². The minimum absolute atomic E-state index is 0.104. The second-order valence-electron chi connectivity index (χ2n) is 16.4. The molecule has 3 fully saturated rings. The lowest BCUT2D eigenvalue weighted by Crippen LogP contribution is -2.59. The Morgan fingerprint density at radius 1 is 0.833 bits per heavy atom. The van der Waals surface area contributed by atoms with Crippen molar-refractivity contribution in [2.45, 2.75) is 181 Å². The zero-order chi connectivity index (χ0) is 36.7. The van der Waals surface area contributed by atoms with Crippen molar-refractivity contribution in [1.29, 1.82) is 0 Å². The Morgan fingerprint density at radius 2 is 1.44 bits per heavy atom. The first kappa shape index (κ1) is 41.2. The van der Waals surface area contributed by atoms with Gasteiger partial charge in [0.1, 0.15) is 23.6 Å². The molecule has 3 rings (SSSR count). The minimum atomic E-state index is -1.97. The number of ketones is 1. The van der Waals surface area contributed by atoms with E-state index >= 15 is 0 Å². The van der Waals surface area contributed by atoms with Crippen molar-refractivity contribution in [2.24, 2.45) is 35.0 Å². The molecule has 48 heavy (non-hydrogen) atoms. The molecule has 0 unspecified atom stereocenters. The second kappa shape index (κ2) is 15.6. The number of carbonyl (C=O) groups is 2. The molecule has 0 aromatic carbocycles. The summed E-state index contributed by atoms with van der Waals surface area (Å²) in [7, 11) is 0. The van der Waals surface area contributed by atoms with Crippen LogP contribution in [0.4, 0.5) is 0 Å². The lowest BCUT2D eigenvalue weighted by molar-refractivity contribution is -0.312. The largest absolute Gasteiger partial charge is 0.459 e. The van der Waals surface area contributed by atoms with Gasteiger partial charge in [-0.05, 0) is 65.2 Å². The number of Topliss-reactive ketones (excluding diaryl/α,β-unsaturated/α-hetero) is 1. The van der Waals surface area contributed by atoms with Gasteiger partial charge in [-0.1, -0.05) is 48.5 Å². The van der Waals surface area contributed by atoms with Crippen molar-refractivity contribution in [1.82, 2.24) is 0 Å². The highest BCUT2D eigenvalue weighted by Crippen LogP contribution is 2.42. The molecular formula is C36H64O12. The van der Waals surface area contributed by atoms with E-state index in [0.717, 1.165) is 0 Å². The molecule has 0 radical (unpaired) electrons. The first-order chi connectivity index (χ1) is 22.0. The maximum Gasteiger partial charge on any atom is 0.311 e. The fourth-order valence-electron chi connectivity index (χ4n) is 8.20. The van der Waals surface area contributed by atoms with Crippen molar-refractivity contribution in [3.63, 3.8) is 0 Å². The number of ether oxygens (including phenoxy) is 5. The van der Waals surface area contributed by atoms with E-state index in [1.165, 1.54) is 20.8 Å². The van der Waals surface area contributed by atoms with Crippen LogP contribution in [0.1, 0.15) is 109 Å². The smallest absolute Gasteiger partial charge is 0.311 e. The SMILES string of the molecule is CC[C@H]1OC(=O)[C@H](C)[C@@H](O[C@H]2CC(C)(C)[C@@H](O)[C@H](C)O2)[C@H](C)[C@@H](O[C@@H]2O[C@H](C)C[C@H](C)[C@H]2O)[C@@](C)(O)C[C@@H](C)C(=O)[C@H](C)[C@@H](O)[C@]1(C)O. The highest BCUT2D eigenvalue weighted by atomic mass is 16.7. The van der Waals surface area contributed by atoms with Crippen LogP contribution in [0, 0.1) is 35.0 Å². The van der Waals surface area contributed by atoms with Crippen molar-refractivity contribution in [3.05, 3.63) is 0 Å². The highest BCUT2D eigenvalue weighted by Gasteiger charge is 2.52. The van der Waals surface area contributed by atoms with Crippen LogP contribution in [0.25, 0.3) is 0 Å². The molecular weight excluding hydrogens is 624 g/mol. The van der Waals surface area contributed by atoms with Gasteiger partial charge in [-0.3, -0.25) is 9.59 Å². The van der Waals surface area contributed by atoms with Crippen molar-refractivity contribution in [3.8, 4) is 0 Å². The van der Waals surface area contributed by atoms with Crippen LogP contribution < -0.4 is 0 Å². The van der Waals surface area contributed by atoms with E-state index < -0.39 is 107 Å². The summed E-state index contributed by atoms with van der Waals surface area (Å²) in [6.07, 6.45) is -8.48. The highest BCUT2D eigenvalue weighted by molar-refractivity contribution is 5.83. The molecule has 0 aromatic rings. The zero-order valence-electron chi connectivity index (χ0n) is 31.1. The van der Waals surface area contributed by atoms with E-state index in [2.05, 4.69) is 0 Å². The number of hydrogen-bond donors (Lipinski definition) is 5. The average molecular weight is 689 g/mol. The van der Waals surface area contributed by atoms with Crippen LogP contribution >= 0.6 is 0 Å². The molecule has 0 aliphatic carbocycles. The maximum atomic E-state index is 14.0. The molecule has 3 saturated heterocycles. The number of aliphatic hydroxyl groups excluding tert-OH is 3. The van der Waals surface area contributed by atoms with Crippen LogP contribution in [-0.4, -0.2) is 110 Å². The summed E-state index contributed by atoms with van der Waals surface area (Å²) in [5.74, 6) is -4.92. The predicted octanol–water partition coefficient (Wildman–Crippen LogP) is 3.11. The third kappa shape index (κ3) is 8.80. The second-order valence-corrected chi connectivity index (χ2v) is 16.4. The van der Waals surface area contributed by atoms with Gasteiger partial charge in [-0.2, -0.15) is 0 Å². The van der Waals surface area contributed by atoms with E-state index in [1.807, 2.05) is 27.7 Å². The topological polar surface area (TPSA) is 181 Å². The minimum Gasteiger partial charge on any atom is -0.459 e. The number of esters is 1. The molecule has 3 aliphatic heterocycles. The first-order valence-corrected chi connectivity index (χ1v) is 17.8. The predicted molar refractivity (Wildman–Crippen MR) is 176 cm³/mol. The van der Waals surface area contributed by atoms with Crippen LogP contribution in [0.5, 0.6) is 0 Å². The molecule has 17 atom stereocenters. The zero-order valence-corrected chi connectivity index (χ0v) is 31.1. The molecule has 0 bridgehead atoms. The summed E-state index contributed by atoms with van der Waals surface area (Å²) < 4.78 is 31.2. The van der Waals surface area contributed by atoms with Gasteiger partial charge in [-0.15, -0.1) is 0 Å². The Bertz CT molecular complexity index is 1090. The Balaban J connectivity index is 2.16. The fourth-order valence-corrected chi connectivity index (χ4v) is 8.20. The van der Waals surface area contributed by atoms with Crippen LogP contribution in [0.15, 0.2) is 0 Å². The number of hydrogen-bond acceptors (Lipinski definition) is 12. The Morgan fingerprint density at radius 3 is 2.00 bits per heavy atom. The third-order valence-electron chi connectivity index (χ3n) is 11.3. The quantitative estimate of drug-likeness (QED) is 0.267. The van der Waals surface area contributed by atoms with Gasteiger partial charge >= 0.3 is 5.97 Å². The number of cyclic esters (lactones) is 1. The van der Waals surface area contributed by atoms with Crippen molar-refractivity contribution < 1.29 is 58.8 Å². The Labute approximate surface area is 286 Å². The number of aliphatic hydroxyl groups is 5. The van der Waals surface area contributed by atoms with Gasteiger partial charge in [0.15, 0.2) is 12.6 Å².